The number of nitrogens with two attached hydrogens (primary N) is 1. The molecule has 0 atom stereocenters. The fourth-order valence-electron chi connectivity index (χ4n) is 1.89. The molecule has 1 saturated carbocycles. The van der Waals surface area contributed by atoms with Crippen LogP contribution < -0.4 is 21.5 Å². The molecule has 0 saturated heterocycles. The van der Waals surface area contributed by atoms with Gasteiger partial charge in [-0.3, -0.25) is 20.3 Å². The van der Waals surface area contributed by atoms with Gasteiger partial charge in [-0.15, -0.1) is 0 Å². The zero-order chi connectivity index (χ0) is 15.6. The number of carbonyl (C=O) groups excluding carboxylic acids is 1. The largest absolute Gasteiger partial charge is 0.352 e. The number of hydrogen-bond acceptors (Lipinski definition) is 8. The second-order valence-electron chi connectivity index (χ2n) is 4.90. The summed E-state index contributed by atoms with van der Waals surface area (Å²) in [6.07, 6.45) is 1.95. The molecular formula is C11H17N7O3. The predicted octanol–water partition coefficient (Wildman–Crippen LogP) is -0.306. The Hall–Kier alpha value is -2.49. The quantitative estimate of drug-likeness (QED) is 0.369. The number of hydrogen-bond donors (Lipinski definition) is 3. The first-order valence-corrected chi connectivity index (χ1v) is 6.42. The van der Waals surface area contributed by atoms with Gasteiger partial charge in [0.05, 0.1) is 11.5 Å². The van der Waals surface area contributed by atoms with Crippen molar-refractivity contribution in [2.45, 2.75) is 25.8 Å². The lowest BCUT2D eigenvalue weighted by atomic mass is 10.3. The summed E-state index contributed by atoms with van der Waals surface area (Å²) in [5, 5.41) is 14.0. The van der Waals surface area contributed by atoms with Crippen molar-refractivity contribution < 1.29 is 9.72 Å². The Morgan fingerprint density at radius 2 is 2.19 bits per heavy atom. The highest BCUT2D eigenvalue weighted by molar-refractivity contribution is 5.82. The number of amides is 1. The molecule has 114 valence electrons. The fourth-order valence-corrected chi connectivity index (χ4v) is 1.89. The molecule has 21 heavy (non-hydrogen) atoms. The normalized spacial score (nSPS) is 13.7. The smallest absolute Gasteiger partial charge is 0.332 e. The molecule has 10 nitrogen and oxygen atoms in total. The molecule has 1 amide bonds. The highest BCUT2D eigenvalue weighted by Crippen LogP contribution is 2.28. The summed E-state index contributed by atoms with van der Waals surface area (Å²) in [6, 6.07) is 0.231. The van der Waals surface area contributed by atoms with Crippen molar-refractivity contribution in [1.82, 2.24) is 15.3 Å². The van der Waals surface area contributed by atoms with Crippen molar-refractivity contribution in [2.75, 3.05) is 23.9 Å². The molecule has 2 rings (SSSR count). The topological polar surface area (TPSA) is 139 Å². The number of nitrogens with one attached hydrogen (secondary N) is 2. The number of rotatable bonds is 6. The van der Waals surface area contributed by atoms with Gasteiger partial charge in [0.2, 0.25) is 17.7 Å². The van der Waals surface area contributed by atoms with Gasteiger partial charge < -0.3 is 10.2 Å². The van der Waals surface area contributed by atoms with E-state index >= 15 is 0 Å². The molecule has 0 aliphatic heterocycles. The number of carbonyl (C=O) groups is 1. The number of nitro groups is 1. The van der Waals surface area contributed by atoms with Crippen molar-refractivity contribution in [2.24, 2.45) is 5.84 Å². The second-order valence-corrected chi connectivity index (χ2v) is 4.90. The van der Waals surface area contributed by atoms with E-state index in [-0.39, 0.29) is 41.6 Å². The van der Waals surface area contributed by atoms with Gasteiger partial charge in [-0.25, -0.2) is 10.8 Å². The summed E-state index contributed by atoms with van der Waals surface area (Å²) in [5.41, 5.74) is 2.19. The van der Waals surface area contributed by atoms with Gasteiger partial charge in [0.1, 0.15) is 5.69 Å². The maximum absolute atomic E-state index is 11.8. The van der Waals surface area contributed by atoms with Crippen LogP contribution in [0.4, 0.5) is 17.5 Å². The van der Waals surface area contributed by atoms with Crippen molar-refractivity contribution in [3.8, 4) is 0 Å². The first kappa shape index (κ1) is 14.9. The fraction of sp³-hybridized carbons (Fsp3) is 0.545. The lowest BCUT2D eigenvalue weighted by molar-refractivity contribution is -0.385. The van der Waals surface area contributed by atoms with E-state index in [1.807, 2.05) is 0 Å². The second kappa shape index (κ2) is 5.87. The SMILES string of the molecule is Cc1nc(NN)nc(N(C)CC(=O)NC2CC2)c1[N+](=O)[O-]. The molecule has 1 aliphatic rings. The van der Waals surface area contributed by atoms with Gasteiger partial charge in [0.15, 0.2) is 0 Å². The molecule has 10 heteroatoms. The summed E-state index contributed by atoms with van der Waals surface area (Å²) < 4.78 is 0. The lowest BCUT2D eigenvalue weighted by Gasteiger charge is -2.18. The maximum atomic E-state index is 11.8. The summed E-state index contributed by atoms with van der Waals surface area (Å²) in [5.74, 6) is 5.15. The van der Waals surface area contributed by atoms with E-state index in [1.54, 1.807) is 7.05 Å². The molecule has 1 fully saturated rings. The van der Waals surface area contributed by atoms with E-state index in [4.69, 9.17) is 5.84 Å². The van der Waals surface area contributed by atoms with E-state index < -0.39 is 4.92 Å². The van der Waals surface area contributed by atoms with Crippen LogP contribution in [0, 0.1) is 17.0 Å². The van der Waals surface area contributed by atoms with Crippen LogP contribution in [-0.2, 0) is 4.79 Å². The molecule has 0 spiro atoms. The van der Waals surface area contributed by atoms with Crippen molar-refractivity contribution >= 4 is 23.4 Å². The van der Waals surface area contributed by atoms with E-state index in [1.165, 1.54) is 11.8 Å². The van der Waals surface area contributed by atoms with Crippen LogP contribution >= 0.6 is 0 Å². The van der Waals surface area contributed by atoms with Gasteiger partial charge in [0.25, 0.3) is 0 Å². The molecule has 0 aromatic carbocycles. The number of aromatic nitrogens is 2. The Labute approximate surface area is 120 Å². The third kappa shape index (κ3) is 3.54. The van der Waals surface area contributed by atoms with Crippen LogP contribution in [0.3, 0.4) is 0 Å². The molecule has 1 aliphatic carbocycles. The molecule has 1 aromatic heterocycles. The van der Waals surface area contributed by atoms with Crippen LogP contribution in [0.25, 0.3) is 0 Å². The summed E-state index contributed by atoms with van der Waals surface area (Å²) >= 11 is 0. The zero-order valence-corrected chi connectivity index (χ0v) is 11.8. The third-order valence-electron chi connectivity index (χ3n) is 3.04. The Morgan fingerprint density at radius 1 is 1.52 bits per heavy atom. The van der Waals surface area contributed by atoms with E-state index in [0.29, 0.717) is 0 Å². The molecule has 4 N–H and O–H groups in total. The first-order chi connectivity index (χ1) is 9.92. The Morgan fingerprint density at radius 3 is 2.71 bits per heavy atom. The van der Waals surface area contributed by atoms with Crippen LogP contribution in [-0.4, -0.2) is 40.4 Å². The Bertz CT molecular complexity index is 573. The summed E-state index contributed by atoms with van der Waals surface area (Å²) in [7, 11) is 1.56. The minimum atomic E-state index is -0.569. The van der Waals surface area contributed by atoms with E-state index in [9.17, 15) is 14.9 Å². The van der Waals surface area contributed by atoms with Crippen molar-refractivity contribution in [3.05, 3.63) is 15.8 Å². The highest BCUT2D eigenvalue weighted by atomic mass is 16.6. The molecular weight excluding hydrogens is 278 g/mol. The average molecular weight is 295 g/mol. The monoisotopic (exact) mass is 295 g/mol. The van der Waals surface area contributed by atoms with Gasteiger partial charge in [-0.2, -0.15) is 4.98 Å². The van der Waals surface area contributed by atoms with Crippen LogP contribution in [0.2, 0.25) is 0 Å². The summed E-state index contributed by atoms with van der Waals surface area (Å²) in [4.78, 5) is 31.7. The van der Waals surface area contributed by atoms with Gasteiger partial charge in [0, 0.05) is 13.1 Å². The number of likely N-dealkylation sites (N-methyl/N-ethyl adjacent to an activating group) is 1. The Balaban J connectivity index is 2.24. The number of aryl methyl sites for hydroxylation is 1. The van der Waals surface area contributed by atoms with Gasteiger partial charge >= 0.3 is 5.69 Å². The number of nitrogen functional groups attached to an aromatic ring is 1. The summed E-state index contributed by atoms with van der Waals surface area (Å²) in [6.45, 7) is 1.46. The minimum absolute atomic E-state index is 0.0300. The van der Waals surface area contributed by atoms with Crippen LogP contribution in [0.5, 0.6) is 0 Å². The van der Waals surface area contributed by atoms with Crippen molar-refractivity contribution in [3.63, 3.8) is 0 Å². The number of nitrogens with zero attached hydrogens (tertiary/aromatic N) is 4. The number of anilines is 2. The van der Waals surface area contributed by atoms with Crippen LogP contribution in [0.15, 0.2) is 0 Å². The standard InChI is InChI=1S/C11H17N7O3/c1-6-9(18(20)21)10(15-11(13-6)16-12)17(2)5-8(19)14-7-3-4-7/h7H,3-5,12H2,1-2H3,(H,14,19)(H,13,15,16). The van der Waals surface area contributed by atoms with Crippen molar-refractivity contribution in [1.29, 1.82) is 0 Å². The molecule has 1 aromatic rings. The average Bonchev–Trinajstić information content (AvgIpc) is 3.20. The molecule has 0 radical (unpaired) electrons. The predicted molar refractivity (Wildman–Crippen MR) is 75.7 cm³/mol. The van der Waals surface area contributed by atoms with Gasteiger partial charge in [-0.1, -0.05) is 0 Å². The lowest BCUT2D eigenvalue weighted by Crippen LogP contribution is -2.37. The first-order valence-electron chi connectivity index (χ1n) is 6.42. The zero-order valence-electron chi connectivity index (χ0n) is 11.8. The maximum Gasteiger partial charge on any atom is 0.332 e. The third-order valence-corrected chi connectivity index (χ3v) is 3.04. The van der Waals surface area contributed by atoms with E-state index in [0.717, 1.165) is 12.8 Å². The molecule has 1 heterocycles. The highest BCUT2D eigenvalue weighted by Gasteiger charge is 2.27. The molecule has 0 unspecified atom stereocenters. The van der Waals surface area contributed by atoms with E-state index in [2.05, 4.69) is 20.7 Å². The van der Waals surface area contributed by atoms with Crippen LogP contribution in [0.1, 0.15) is 18.5 Å². The minimum Gasteiger partial charge on any atom is -0.352 e. The van der Waals surface area contributed by atoms with Gasteiger partial charge in [-0.05, 0) is 19.8 Å². The Kier molecular flexibility index (Phi) is 4.17. The number of hydrazine groups is 1. The molecule has 0 bridgehead atoms.